The molecular formula is C16H24N6O2. The number of ether oxygens (including phenoxy) is 1. The molecule has 130 valence electrons. The van der Waals surface area contributed by atoms with Gasteiger partial charge in [0.25, 0.3) is 11.7 Å². The summed E-state index contributed by atoms with van der Waals surface area (Å²) in [6.07, 6.45) is 0.448. The minimum atomic E-state index is -0.271. The van der Waals surface area contributed by atoms with E-state index in [-0.39, 0.29) is 23.9 Å². The monoisotopic (exact) mass is 332 g/mol. The smallest absolute Gasteiger partial charge is 0.291 e. The third-order valence-electron chi connectivity index (χ3n) is 4.03. The van der Waals surface area contributed by atoms with E-state index in [1.165, 1.54) is 0 Å². The van der Waals surface area contributed by atoms with Crippen LogP contribution in [0.3, 0.4) is 0 Å². The van der Waals surface area contributed by atoms with Gasteiger partial charge in [0.15, 0.2) is 0 Å². The van der Waals surface area contributed by atoms with E-state index in [2.05, 4.69) is 39.1 Å². The highest BCUT2D eigenvalue weighted by atomic mass is 16.5. The summed E-state index contributed by atoms with van der Waals surface area (Å²) in [6, 6.07) is 1.91. The van der Waals surface area contributed by atoms with Gasteiger partial charge in [-0.05, 0) is 33.8 Å². The second-order valence-corrected chi connectivity index (χ2v) is 6.46. The number of nitrogens with one attached hydrogen (secondary N) is 1. The number of hydrogen-bond donors (Lipinski definition) is 1. The number of fused-ring (bicyclic) bond motifs is 1. The van der Waals surface area contributed by atoms with E-state index in [1.807, 2.05) is 19.9 Å². The lowest BCUT2D eigenvalue weighted by atomic mass is 10.2. The zero-order valence-electron chi connectivity index (χ0n) is 14.6. The normalized spacial score (nSPS) is 22.0. The molecule has 3 rings (SSSR count). The van der Waals surface area contributed by atoms with Crippen molar-refractivity contribution in [2.75, 3.05) is 26.2 Å². The van der Waals surface area contributed by atoms with Crippen molar-refractivity contribution in [2.45, 2.75) is 39.9 Å². The second-order valence-electron chi connectivity index (χ2n) is 6.46. The van der Waals surface area contributed by atoms with E-state index < -0.39 is 0 Å². The number of morpholine rings is 1. The summed E-state index contributed by atoms with van der Waals surface area (Å²) in [4.78, 5) is 23.1. The molecule has 3 heterocycles. The molecule has 0 spiro atoms. The lowest BCUT2D eigenvalue weighted by Gasteiger charge is -2.35. The summed E-state index contributed by atoms with van der Waals surface area (Å²) in [5, 5.41) is 7.12. The first kappa shape index (κ1) is 16.8. The van der Waals surface area contributed by atoms with Gasteiger partial charge >= 0.3 is 0 Å². The van der Waals surface area contributed by atoms with Gasteiger partial charge in [-0.15, -0.1) is 5.10 Å². The lowest BCUT2D eigenvalue weighted by Crippen LogP contribution is -2.47. The van der Waals surface area contributed by atoms with Gasteiger partial charge < -0.3 is 10.1 Å². The van der Waals surface area contributed by atoms with Crippen molar-refractivity contribution in [1.29, 1.82) is 0 Å². The first-order chi connectivity index (χ1) is 11.4. The molecule has 1 amide bonds. The fourth-order valence-corrected chi connectivity index (χ4v) is 3.14. The van der Waals surface area contributed by atoms with Crippen LogP contribution >= 0.6 is 0 Å². The number of nitrogens with zero attached hydrogens (tertiary/aromatic N) is 5. The van der Waals surface area contributed by atoms with Crippen LogP contribution in [0, 0.1) is 13.8 Å². The number of amides is 1. The van der Waals surface area contributed by atoms with Crippen LogP contribution < -0.4 is 5.32 Å². The molecule has 0 aromatic carbocycles. The van der Waals surface area contributed by atoms with Gasteiger partial charge in [0.05, 0.1) is 12.2 Å². The fraction of sp³-hybridized carbons (Fsp3) is 0.625. The van der Waals surface area contributed by atoms with Gasteiger partial charge in [-0.25, -0.2) is 9.50 Å². The zero-order valence-corrected chi connectivity index (χ0v) is 14.6. The maximum Gasteiger partial charge on any atom is 0.291 e. The summed E-state index contributed by atoms with van der Waals surface area (Å²) in [5.41, 5.74) is 1.76. The number of carbonyl (C=O) groups is 1. The molecule has 2 aromatic heterocycles. The summed E-state index contributed by atoms with van der Waals surface area (Å²) in [6.45, 7) is 11.1. The topological polar surface area (TPSA) is 84.7 Å². The Kier molecular flexibility index (Phi) is 4.77. The van der Waals surface area contributed by atoms with Crippen molar-refractivity contribution in [1.82, 2.24) is 29.8 Å². The Morgan fingerprint density at radius 3 is 2.71 bits per heavy atom. The van der Waals surface area contributed by atoms with Crippen LogP contribution in [0.15, 0.2) is 6.07 Å². The van der Waals surface area contributed by atoms with Gasteiger partial charge in [-0.2, -0.15) is 4.98 Å². The van der Waals surface area contributed by atoms with Crippen molar-refractivity contribution >= 4 is 11.7 Å². The Hall–Kier alpha value is -2.06. The quantitative estimate of drug-likeness (QED) is 0.882. The van der Waals surface area contributed by atoms with Gasteiger partial charge in [0, 0.05) is 37.6 Å². The lowest BCUT2D eigenvalue weighted by molar-refractivity contribution is -0.0672. The predicted molar refractivity (Wildman–Crippen MR) is 89.0 cm³/mol. The Balaban J connectivity index is 1.58. The fourth-order valence-electron chi connectivity index (χ4n) is 3.14. The highest BCUT2D eigenvalue weighted by Gasteiger charge is 2.22. The molecule has 0 aliphatic carbocycles. The molecule has 8 heteroatoms. The highest BCUT2D eigenvalue weighted by Crippen LogP contribution is 2.09. The summed E-state index contributed by atoms with van der Waals surface area (Å²) in [7, 11) is 0. The molecule has 1 aliphatic rings. The zero-order chi connectivity index (χ0) is 17.3. The van der Waals surface area contributed by atoms with Crippen molar-refractivity contribution in [3.63, 3.8) is 0 Å². The Labute approximate surface area is 141 Å². The van der Waals surface area contributed by atoms with Crippen LogP contribution in [-0.4, -0.2) is 68.8 Å². The second kappa shape index (κ2) is 6.82. The standard InChI is InChI=1S/C16H24N6O2/c1-10-7-11(2)22-16(18-10)19-14(20-22)15(23)17-5-6-21-8-12(3)24-13(4)9-21/h7,12-13H,5-6,8-9H2,1-4H3,(H,17,23)/t12-,13-/m0/s1. The van der Waals surface area contributed by atoms with Crippen LogP contribution in [0.25, 0.3) is 5.78 Å². The van der Waals surface area contributed by atoms with Crippen molar-refractivity contribution in [2.24, 2.45) is 0 Å². The molecule has 1 N–H and O–H groups in total. The number of rotatable bonds is 4. The average Bonchev–Trinajstić information content (AvgIpc) is 2.90. The first-order valence-corrected chi connectivity index (χ1v) is 8.29. The minimum Gasteiger partial charge on any atom is -0.373 e. The van der Waals surface area contributed by atoms with Crippen LogP contribution in [0.1, 0.15) is 35.9 Å². The molecule has 1 aliphatic heterocycles. The van der Waals surface area contributed by atoms with Crippen molar-refractivity contribution < 1.29 is 9.53 Å². The van der Waals surface area contributed by atoms with E-state index in [0.29, 0.717) is 12.3 Å². The largest absolute Gasteiger partial charge is 0.373 e. The van der Waals surface area contributed by atoms with Gasteiger partial charge in [-0.1, -0.05) is 0 Å². The molecule has 8 nitrogen and oxygen atoms in total. The Morgan fingerprint density at radius 1 is 1.29 bits per heavy atom. The van der Waals surface area contributed by atoms with Crippen molar-refractivity contribution in [3.8, 4) is 0 Å². The molecule has 0 unspecified atom stereocenters. The minimum absolute atomic E-state index is 0.153. The Bertz CT molecular complexity index is 733. The van der Waals surface area contributed by atoms with Crippen LogP contribution in [0.2, 0.25) is 0 Å². The molecule has 2 aromatic rings. The summed E-state index contributed by atoms with van der Waals surface area (Å²) >= 11 is 0. The summed E-state index contributed by atoms with van der Waals surface area (Å²) < 4.78 is 7.30. The van der Waals surface area contributed by atoms with Crippen LogP contribution in [0.4, 0.5) is 0 Å². The van der Waals surface area contributed by atoms with Gasteiger partial charge in [0.2, 0.25) is 5.82 Å². The summed E-state index contributed by atoms with van der Waals surface area (Å²) in [5.74, 6) is 0.334. The molecule has 24 heavy (non-hydrogen) atoms. The molecule has 0 bridgehead atoms. The molecule has 0 saturated carbocycles. The number of carbonyl (C=O) groups excluding carboxylic acids is 1. The average molecular weight is 332 g/mol. The molecule has 1 saturated heterocycles. The number of aromatic nitrogens is 4. The molecule has 1 fully saturated rings. The van der Waals surface area contributed by atoms with E-state index in [9.17, 15) is 4.79 Å². The SMILES string of the molecule is Cc1cc(C)n2nc(C(=O)NCCN3C[C@H](C)O[C@@H](C)C3)nc2n1. The molecular weight excluding hydrogens is 308 g/mol. The maximum absolute atomic E-state index is 12.3. The van der Waals surface area contributed by atoms with E-state index >= 15 is 0 Å². The van der Waals surface area contributed by atoms with Crippen LogP contribution in [-0.2, 0) is 4.74 Å². The van der Waals surface area contributed by atoms with Gasteiger partial charge in [0.1, 0.15) is 0 Å². The molecule has 0 radical (unpaired) electrons. The van der Waals surface area contributed by atoms with E-state index in [0.717, 1.165) is 31.0 Å². The van der Waals surface area contributed by atoms with Crippen LogP contribution in [0.5, 0.6) is 0 Å². The van der Waals surface area contributed by atoms with Crippen molar-refractivity contribution in [3.05, 3.63) is 23.3 Å². The van der Waals surface area contributed by atoms with E-state index in [1.54, 1.807) is 4.52 Å². The highest BCUT2D eigenvalue weighted by molar-refractivity contribution is 5.90. The van der Waals surface area contributed by atoms with Gasteiger partial charge in [-0.3, -0.25) is 9.69 Å². The number of hydrogen-bond acceptors (Lipinski definition) is 6. The number of aryl methyl sites for hydroxylation is 2. The van der Waals surface area contributed by atoms with E-state index in [4.69, 9.17) is 4.74 Å². The maximum atomic E-state index is 12.3. The predicted octanol–water partition coefficient (Wildman–Crippen LogP) is 0.580. The first-order valence-electron chi connectivity index (χ1n) is 8.29. The third-order valence-corrected chi connectivity index (χ3v) is 4.03. The third kappa shape index (κ3) is 3.70. The Morgan fingerprint density at radius 2 is 2.00 bits per heavy atom. The molecule has 2 atom stereocenters.